The molecule has 2 unspecified atom stereocenters. The summed E-state index contributed by atoms with van der Waals surface area (Å²) in [5, 5.41) is 9.14. The minimum absolute atomic E-state index is 0.0685. The van der Waals surface area contributed by atoms with E-state index in [1.807, 2.05) is 6.92 Å². The lowest BCUT2D eigenvalue weighted by Gasteiger charge is -2.34. The fourth-order valence-electron chi connectivity index (χ4n) is 2.32. The number of amides is 2. The van der Waals surface area contributed by atoms with E-state index in [4.69, 9.17) is 0 Å². The summed E-state index contributed by atoms with van der Waals surface area (Å²) in [6, 6.07) is -0.962. The molecule has 0 bridgehead atoms. The minimum atomic E-state index is -0.947. The first kappa shape index (κ1) is 14.6. The van der Waals surface area contributed by atoms with E-state index in [2.05, 4.69) is 0 Å². The Balaban J connectivity index is 2.10. The maximum atomic E-state index is 12.5. The molecule has 0 saturated carbocycles. The summed E-state index contributed by atoms with van der Waals surface area (Å²) >= 11 is 1.52. The molecule has 2 heterocycles. The van der Waals surface area contributed by atoms with Crippen LogP contribution in [-0.2, 0) is 15.6 Å². The summed E-state index contributed by atoms with van der Waals surface area (Å²) in [6.07, 6.45) is 0.736. The van der Waals surface area contributed by atoms with Gasteiger partial charge >= 0.3 is 12.0 Å². The first-order chi connectivity index (χ1) is 9.04. The zero-order chi connectivity index (χ0) is 14.0. The fraction of sp³-hybridized carbons (Fsp3) is 0.818. The standard InChI is InChI=1S/C11H18N2O4S2/c1-2-9-13(8(7-18-9)10(14)15)11(16)12-3-5-19(17)6-4-12/h8-9H,2-7H2,1H3,(H,14,15). The summed E-state index contributed by atoms with van der Waals surface area (Å²) in [5.74, 6) is 0.472. The average Bonchev–Trinajstić information content (AvgIpc) is 2.82. The highest BCUT2D eigenvalue weighted by Crippen LogP contribution is 2.32. The first-order valence-electron chi connectivity index (χ1n) is 6.31. The molecule has 0 spiro atoms. The van der Waals surface area contributed by atoms with Gasteiger partial charge in [0.05, 0.1) is 5.37 Å². The molecule has 2 aliphatic heterocycles. The van der Waals surface area contributed by atoms with Crippen molar-refractivity contribution in [2.75, 3.05) is 30.3 Å². The molecule has 2 atom stereocenters. The minimum Gasteiger partial charge on any atom is -0.480 e. The summed E-state index contributed by atoms with van der Waals surface area (Å²) in [4.78, 5) is 26.8. The van der Waals surface area contributed by atoms with Crippen molar-refractivity contribution in [3.8, 4) is 0 Å². The molecule has 0 aromatic rings. The van der Waals surface area contributed by atoms with Gasteiger partial charge in [-0.1, -0.05) is 6.92 Å². The van der Waals surface area contributed by atoms with Gasteiger partial charge < -0.3 is 10.0 Å². The van der Waals surface area contributed by atoms with E-state index >= 15 is 0 Å². The zero-order valence-corrected chi connectivity index (χ0v) is 12.4. The summed E-state index contributed by atoms with van der Waals surface area (Å²) in [7, 11) is -0.841. The van der Waals surface area contributed by atoms with Gasteiger partial charge in [0.15, 0.2) is 0 Å². The maximum absolute atomic E-state index is 12.5. The Morgan fingerprint density at radius 1 is 1.37 bits per heavy atom. The van der Waals surface area contributed by atoms with E-state index in [1.54, 1.807) is 4.90 Å². The lowest BCUT2D eigenvalue weighted by atomic mass is 10.2. The Bertz CT molecular complexity index is 394. The van der Waals surface area contributed by atoms with Gasteiger partial charge in [-0.2, -0.15) is 0 Å². The second-order valence-corrected chi connectivity index (χ2v) is 7.48. The van der Waals surface area contributed by atoms with Crippen molar-refractivity contribution in [2.45, 2.75) is 24.8 Å². The van der Waals surface area contributed by atoms with Crippen molar-refractivity contribution >= 4 is 34.6 Å². The number of carbonyl (C=O) groups is 2. The van der Waals surface area contributed by atoms with Gasteiger partial charge in [0.1, 0.15) is 6.04 Å². The van der Waals surface area contributed by atoms with Crippen molar-refractivity contribution < 1.29 is 18.9 Å². The van der Waals surface area contributed by atoms with Gasteiger partial charge in [-0.25, -0.2) is 9.59 Å². The SMILES string of the molecule is CCC1SCC(C(=O)O)N1C(=O)N1CCS(=O)CC1. The van der Waals surface area contributed by atoms with Crippen LogP contribution >= 0.6 is 11.8 Å². The quantitative estimate of drug-likeness (QED) is 0.799. The van der Waals surface area contributed by atoms with Crippen LogP contribution in [0.25, 0.3) is 0 Å². The summed E-state index contributed by atoms with van der Waals surface area (Å²) < 4.78 is 11.3. The molecular weight excluding hydrogens is 288 g/mol. The van der Waals surface area contributed by atoms with E-state index in [0.717, 1.165) is 6.42 Å². The lowest BCUT2D eigenvalue weighted by Crippen LogP contribution is -2.54. The number of carboxylic acid groups (broad SMARTS) is 1. The second-order valence-electron chi connectivity index (χ2n) is 4.58. The average molecular weight is 306 g/mol. The number of nitrogens with zero attached hydrogens (tertiary/aromatic N) is 2. The molecule has 19 heavy (non-hydrogen) atoms. The van der Waals surface area contributed by atoms with Gasteiger partial charge in [0.2, 0.25) is 0 Å². The molecule has 8 heteroatoms. The van der Waals surface area contributed by atoms with Crippen molar-refractivity contribution in [1.82, 2.24) is 9.80 Å². The topological polar surface area (TPSA) is 77.9 Å². The second kappa shape index (κ2) is 6.13. The molecule has 1 N–H and O–H groups in total. The monoisotopic (exact) mass is 306 g/mol. The van der Waals surface area contributed by atoms with Crippen molar-refractivity contribution in [3.63, 3.8) is 0 Å². The van der Waals surface area contributed by atoms with E-state index in [9.17, 15) is 18.9 Å². The molecular formula is C11H18N2O4S2. The molecule has 0 aromatic heterocycles. The van der Waals surface area contributed by atoms with Gasteiger partial charge in [-0.3, -0.25) is 9.11 Å². The van der Waals surface area contributed by atoms with Gasteiger partial charge in [0.25, 0.3) is 0 Å². The molecule has 0 aromatic carbocycles. The number of hydrogen-bond donors (Lipinski definition) is 1. The molecule has 2 rings (SSSR count). The molecule has 0 aliphatic carbocycles. The van der Waals surface area contributed by atoms with E-state index in [1.165, 1.54) is 16.7 Å². The fourth-order valence-corrected chi connectivity index (χ4v) is 4.71. The number of urea groups is 1. The molecule has 2 saturated heterocycles. The predicted octanol–water partition coefficient (Wildman–Crippen LogP) is 0.409. The van der Waals surface area contributed by atoms with Crippen LogP contribution in [0.2, 0.25) is 0 Å². The normalized spacial score (nSPS) is 28.7. The van der Waals surface area contributed by atoms with Crippen LogP contribution in [0, 0.1) is 0 Å². The van der Waals surface area contributed by atoms with Crippen LogP contribution in [0.1, 0.15) is 13.3 Å². The third-order valence-electron chi connectivity index (χ3n) is 3.40. The third-order valence-corrected chi connectivity index (χ3v) is 6.13. The smallest absolute Gasteiger partial charge is 0.327 e. The Morgan fingerprint density at radius 2 is 2.00 bits per heavy atom. The number of hydrogen-bond acceptors (Lipinski definition) is 4. The Morgan fingerprint density at radius 3 is 2.53 bits per heavy atom. The predicted molar refractivity (Wildman–Crippen MR) is 74.6 cm³/mol. The highest BCUT2D eigenvalue weighted by molar-refractivity contribution is 8.00. The summed E-state index contributed by atoms with van der Waals surface area (Å²) in [5.41, 5.74) is 0. The van der Waals surface area contributed by atoms with Crippen molar-refractivity contribution in [2.24, 2.45) is 0 Å². The van der Waals surface area contributed by atoms with Crippen LogP contribution in [-0.4, -0.2) is 72.9 Å². The first-order valence-corrected chi connectivity index (χ1v) is 8.85. The number of aliphatic carboxylic acids is 1. The van der Waals surface area contributed by atoms with E-state index < -0.39 is 22.8 Å². The van der Waals surface area contributed by atoms with Crippen LogP contribution in [0.4, 0.5) is 4.79 Å². The zero-order valence-electron chi connectivity index (χ0n) is 10.8. The highest BCUT2D eigenvalue weighted by atomic mass is 32.2. The molecule has 2 fully saturated rings. The molecule has 2 amide bonds. The number of rotatable bonds is 2. The third kappa shape index (κ3) is 3.05. The molecule has 2 aliphatic rings. The van der Waals surface area contributed by atoms with E-state index in [0.29, 0.717) is 30.3 Å². The van der Waals surface area contributed by atoms with Crippen molar-refractivity contribution in [1.29, 1.82) is 0 Å². The van der Waals surface area contributed by atoms with Crippen LogP contribution < -0.4 is 0 Å². The molecule has 0 radical (unpaired) electrons. The van der Waals surface area contributed by atoms with Crippen LogP contribution in [0.3, 0.4) is 0 Å². The van der Waals surface area contributed by atoms with E-state index in [-0.39, 0.29) is 11.4 Å². The lowest BCUT2D eigenvalue weighted by molar-refractivity contribution is -0.141. The van der Waals surface area contributed by atoms with Gasteiger partial charge in [-0.15, -0.1) is 11.8 Å². The Kier molecular flexibility index (Phi) is 4.72. The Labute approximate surface area is 119 Å². The molecule has 108 valence electrons. The van der Waals surface area contributed by atoms with Crippen molar-refractivity contribution in [3.05, 3.63) is 0 Å². The van der Waals surface area contributed by atoms with Gasteiger partial charge in [-0.05, 0) is 6.42 Å². The number of thioether (sulfide) groups is 1. The van der Waals surface area contributed by atoms with Gasteiger partial charge in [0, 0.05) is 41.1 Å². The largest absolute Gasteiger partial charge is 0.480 e. The number of carbonyl (C=O) groups excluding carboxylic acids is 1. The van der Waals surface area contributed by atoms with Crippen LogP contribution in [0.5, 0.6) is 0 Å². The highest BCUT2D eigenvalue weighted by Gasteiger charge is 2.42. The number of carboxylic acids is 1. The molecule has 6 nitrogen and oxygen atoms in total. The summed E-state index contributed by atoms with van der Waals surface area (Å²) in [6.45, 7) is 2.86. The maximum Gasteiger partial charge on any atom is 0.327 e. The Hall–Kier alpha value is -0.760. The van der Waals surface area contributed by atoms with Crippen LogP contribution in [0.15, 0.2) is 0 Å².